The molecule has 0 aromatic carbocycles. The first kappa shape index (κ1) is 12.3. The van der Waals surface area contributed by atoms with Crippen LogP contribution >= 0.6 is 11.8 Å². The van der Waals surface area contributed by atoms with E-state index < -0.39 is 0 Å². The molecule has 1 saturated carbocycles. The standard InChI is InChI=1S/C11H23NOS/c1-13-7-8-14-9-11(12)10-5-3-2-4-6-10/h10-11H,2-9,12H2,1H3. The predicted octanol–water partition coefficient (Wildman–Crippen LogP) is 2.27. The molecule has 0 spiro atoms. The molecule has 2 nitrogen and oxygen atoms in total. The summed E-state index contributed by atoms with van der Waals surface area (Å²) in [6, 6.07) is 0.414. The van der Waals surface area contributed by atoms with Gasteiger partial charge in [0.15, 0.2) is 0 Å². The van der Waals surface area contributed by atoms with Gasteiger partial charge in [-0.3, -0.25) is 0 Å². The van der Waals surface area contributed by atoms with E-state index in [4.69, 9.17) is 10.5 Å². The van der Waals surface area contributed by atoms with E-state index in [1.807, 2.05) is 11.8 Å². The molecule has 14 heavy (non-hydrogen) atoms. The van der Waals surface area contributed by atoms with Gasteiger partial charge in [-0.05, 0) is 18.8 Å². The van der Waals surface area contributed by atoms with Crippen LogP contribution in [0.4, 0.5) is 0 Å². The highest BCUT2D eigenvalue weighted by Gasteiger charge is 2.19. The molecule has 0 bridgehead atoms. The number of rotatable bonds is 6. The zero-order chi connectivity index (χ0) is 10.2. The van der Waals surface area contributed by atoms with Crippen molar-refractivity contribution in [3.05, 3.63) is 0 Å². The minimum atomic E-state index is 0.414. The fraction of sp³-hybridized carbons (Fsp3) is 1.00. The summed E-state index contributed by atoms with van der Waals surface area (Å²) in [6.45, 7) is 0.849. The van der Waals surface area contributed by atoms with E-state index in [0.29, 0.717) is 6.04 Å². The summed E-state index contributed by atoms with van der Waals surface area (Å²) in [7, 11) is 1.75. The maximum Gasteiger partial charge on any atom is 0.0552 e. The quantitative estimate of drug-likeness (QED) is 0.693. The van der Waals surface area contributed by atoms with Crippen molar-refractivity contribution in [1.29, 1.82) is 0 Å². The molecule has 1 rings (SSSR count). The van der Waals surface area contributed by atoms with E-state index in [1.54, 1.807) is 7.11 Å². The zero-order valence-electron chi connectivity index (χ0n) is 9.21. The molecule has 0 aromatic heterocycles. The first-order valence-corrected chi connectivity index (χ1v) is 6.82. The van der Waals surface area contributed by atoms with Crippen LogP contribution in [0.1, 0.15) is 32.1 Å². The van der Waals surface area contributed by atoms with Crippen molar-refractivity contribution in [3.63, 3.8) is 0 Å². The van der Waals surface area contributed by atoms with Crippen LogP contribution in [0.3, 0.4) is 0 Å². The number of methoxy groups -OCH3 is 1. The van der Waals surface area contributed by atoms with Gasteiger partial charge in [-0.15, -0.1) is 0 Å². The number of nitrogens with two attached hydrogens (primary N) is 1. The molecule has 0 aliphatic heterocycles. The Bertz CT molecular complexity index is 137. The Morgan fingerprint density at radius 2 is 2.07 bits per heavy atom. The van der Waals surface area contributed by atoms with Gasteiger partial charge in [0, 0.05) is 24.7 Å². The predicted molar refractivity (Wildman–Crippen MR) is 63.8 cm³/mol. The second-order valence-corrected chi connectivity index (χ2v) is 5.28. The highest BCUT2D eigenvalue weighted by Crippen LogP contribution is 2.26. The van der Waals surface area contributed by atoms with Crippen molar-refractivity contribution < 1.29 is 4.74 Å². The third-order valence-electron chi connectivity index (χ3n) is 3.00. The molecular formula is C11H23NOS. The summed E-state index contributed by atoms with van der Waals surface area (Å²) in [5.74, 6) is 2.98. The van der Waals surface area contributed by atoms with Gasteiger partial charge in [0.25, 0.3) is 0 Å². The topological polar surface area (TPSA) is 35.2 Å². The van der Waals surface area contributed by atoms with Crippen LogP contribution in [-0.2, 0) is 4.74 Å². The fourth-order valence-corrected chi connectivity index (χ4v) is 3.06. The number of hydrogen-bond acceptors (Lipinski definition) is 3. The highest BCUT2D eigenvalue weighted by molar-refractivity contribution is 7.99. The molecule has 0 amide bonds. The molecule has 1 atom stereocenters. The molecule has 1 fully saturated rings. The fourth-order valence-electron chi connectivity index (χ4n) is 2.06. The average molecular weight is 217 g/mol. The molecule has 0 radical (unpaired) electrons. The number of hydrogen-bond donors (Lipinski definition) is 1. The van der Waals surface area contributed by atoms with E-state index in [1.165, 1.54) is 32.1 Å². The van der Waals surface area contributed by atoms with Gasteiger partial charge in [-0.2, -0.15) is 11.8 Å². The van der Waals surface area contributed by atoms with E-state index >= 15 is 0 Å². The summed E-state index contributed by atoms with van der Waals surface area (Å²) in [6.07, 6.45) is 6.90. The number of ether oxygens (including phenoxy) is 1. The Morgan fingerprint density at radius 3 is 2.71 bits per heavy atom. The van der Waals surface area contributed by atoms with Crippen LogP contribution in [0.5, 0.6) is 0 Å². The van der Waals surface area contributed by atoms with E-state index in [-0.39, 0.29) is 0 Å². The van der Waals surface area contributed by atoms with Crippen molar-refractivity contribution in [3.8, 4) is 0 Å². The van der Waals surface area contributed by atoms with E-state index in [0.717, 1.165) is 24.0 Å². The minimum absolute atomic E-state index is 0.414. The van der Waals surface area contributed by atoms with Crippen LogP contribution in [0.2, 0.25) is 0 Å². The Morgan fingerprint density at radius 1 is 1.36 bits per heavy atom. The minimum Gasteiger partial charge on any atom is -0.384 e. The van der Waals surface area contributed by atoms with Crippen molar-refractivity contribution >= 4 is 11.8 Å². The third-order valence-corrected chi connectivity index (χ3v) is 4.07. The maximum atomic E-state index is 6.17. The SMILES string of the molecule is COCCSCC(N)C1CCCCC1. The van der Waals surface area contributed by atoms with Crippen molar-refractivity contribution in [2.24, 2.45) is 11.7 Å². The van der Waals surface area contributed by atoms with Crippen molar-refractivity contribution in [2.45, 2.75) is 38.1 Å². The first-order valence-electron chi connectivity index (χ1n) is 5.67. The summed E-state index contributed by atoms with van der Waals surface area (Å²) in [4.78, 5) is 0. The lowest BCUT2D eigenvalue weighted by Crippen LogP contribution is -2.34. The van der Waals surface area contributed by atoms with E-state index in [9.17, 15) is 0 Å². The molecule has 84 valence electrons. The molecule has 1 aliphatic carbocycles. The van der Waals surface area contributed by atoms with Crippen molar-refractivity contribution in [1.82, 2.24) is 0 Å². The summed E-state index contributed by atoms with van der Waals surface area (Å²) in [5.41, 5.74) is 6.17. The number of thioether (sulfide) groups is 1. The van der Waals surface area contributed by atoms with Crippen LogP contribution in [0.25, 0.3) is 0 Å². The Hall–Kier alpha value is 0.270. The molecule has 2 N–H and O–H groups in total. The third kappa shape index (κ3) is 4.67. The van der Waals surface area contributed by atoms with E-state index in [2.05, 4.69) is 0 Å². The second-order valence-electron chi connectivity index (χ2n) is 4.13. The summed E-state index contributed by atoms with van der Waals surface area (Å²) < 4.78 is 5.01. The average Bonchev–Trinajstić information content (AvgIpc) is 2.25. The van der Waals surface area contributed by atoms with Crippen LogP contribution < -0.4 is 5.73 Å². The largest absolute Gasteiger partial charge is 0.384 e. The molecule has 1 aliphatic rings. The smallest absolute Gasteiger partial charge is 0.0552 e. The second kappa shape index (κ2) is 7.55. The lowest BCUT2D eigenvalue weighted by Gasteiger charge is -2.27. The molecule has 0 saturated heterocycles. The van der Waals surface area contributed by atoms with Crippen LogP contribution in [0, 0.1) is 5.92 Å². The molecule has 1 unspecified atom stereocenters. The molecular weight excluding hydrogens is 194 g/mol. The van der Waals surface area contributed by atoms with Gasteiger partial charge in [0.05, 0.1) is 6.61 Å². The lowest BCUT2D eigenvalue weighted by atomic mass is 9.85. The van der Waals surface area contributed by atoms with Crippen LogP contribution in [0.15, 0.2) is 0 Å². The summed E-state index contributed by atoms with van der Waals surface area (Å²) in [5, 5.41) is 0. The lowest BCUT2D eigenvalue weighted by molar-refractivity contribution is 0.218. The van der Waals surface area contributed by atoms with Gasteiger partial charge in [-0.25, -0.2) is 0 Å². The van der Waals surface area contributed by atoms with Crippen LogP contribution in [-0.4, -0.2) is 31.3 Å². The van der Waals surface area contributed by atoms with Gasteiger partial charge in [0.1, 0.15) is 0 Å². The molecule has 0 heterocycles. The molecule has 0 aromatic rings. The van der Waals surface area contributed by atoms with Crippen molar-refractivity contribution in [2.75, 3.05) is 25.2 Å². The zero-order valence-corrected chi connectivity index (χ0v) is 10.0. The summed E-state index contributed by atoms with van der Waals surface area (Å²) >= 11 is 1.93. The Labute approximate surface area is 92.0 Å². The monoisotopic (exact) mass is 217 g/mol. The Kier molecular flexibility index (Phi) is 6.65. The normalized spacial score (nSPS) is 21.0. The van der Waals surface area contributed by atoms with Gasteiger partial charge in [-0.1, -0.05) is 19.3 Å². The first-order chi connectivity index (χ1) is 6.84. The van der Waals surface area contributed by atoms with Gasteiger partial charge >= 0.3 is 0 Å². The van der Waals surface area contributed by atoms with Gasteiger partial charge in [0.2, 0.25) is 0 Å². The highest BCUT2D eigenvalue weighted by atomic mass is 32.2. The maximum absolute atomic E-state index is 6.17. The molecule has 3 heteroatoms. The van der Waals surface area contributed by atoms with Gasteiger partial charge < -0.3 is 10.5 Å². The Balaban J connectivity index is 2.04.